The van der Waals surface area contributed by atoms with Gasteiger partial charge in [-0.1, -0.05) is 69.2 Å². The van der Waals surface area contributed by atoms with E-state index >= 15 is 0 Å². The molecule has 1 rings (SSSR count). The lowest BCUT2D eigenvalue weighted by Gasteiger charge is -2.19. The van der Waals surface area contributed by atoms with Crippen LogP contribution < -0.4 is 0 Å². The lowest BCUT2D eigenvalue weighted by Crippen LogP contribution is -2.21. The Morgan fingerprint density at radius 1 is 1.00 bits per heavy atom. The van der Waals surface area contributed by atoms with Crippen LogP contribution in [0.5, 0.6) is 0 Å². The van der Waals surface area contributed by atoms with Crippen molar-refractivity contribution in [2.75, 3.05) is 7.11 Å². The van der Waals surface area contributed by atoms with Crippen LogP contribution in [-0.4, -0.2) is 23.8 Å². The van der Waals surface area contributed by atoms with Crippen LogP contribution >= 0.6 is 0 Å². The molecule has 0 atom stereocenters. The zero-order chi connectivity index (χ0) is 19.1. The van der Waals surface area contributed by atoms with Gasteiger partial charge in [0, 0.05) is 6.42 Å². The molecule has 0 radical (unpaired) electrons. The van der Waals surface area contributed by atoms with Gasteiger partial charge in [-0.25, -0.2) is 0 Å². The average Bonchev–Trinajstić information content (AvgIpc) is 3.06. The van der Waals surface area contributed by atoms with Gasteiger partial charge in [0.15, 0.2) is 0 Å². The van der Waals surface area contributed by atoms with Crippen molar-refractivity contribution in [2.45, 2.75) is 109 Å². The summed E-state index contributed by atoms with van der Waals surface area (Å²) in [4.78, 5) is 11.0. The second-order valence-corrected chi connectivity index (χ2v) is 7.77. The van der Waals surface area contributed by atoms with Gasteiger partial charge in [-0.2, -0.15) is 0 Å². The fraction of sp³-hybridized carbons (Fsp3) is 0.783. The van der Waals surface area contributed by atoms with Gasteiger partial charge in [0.05, 0.1) is 12.7 Å². The SMILES string of the molecule is CCCC/C(=C\C1(O)CCCC1)C/C=C/CCCCCCCC(=O)OC. The van der Waals surface area contributed by atoms with E-state index in [-0.39, 0.29) is 5.97 Å². The van der Waals surface area contributed by atoms with Crippen LogP contribution in [0.15, 0.2) is 23.8 Å². The topological polar surface area (TPSA) is 46.5 Å². The summed E-state index contributed by atoms with van der Waals surface area (Å²) in [6, 6.07) is 0. The van der Waals surface area contributed by atoms with Gasteiger partial charge in [-0.15, -0.1) is 0 Å². The second kappa shape index (κ2) is 14.0. The van der Waals surface area contributed by atoms with Crippen LogP contribution in [-0.2, 0) is 9.53 Å². The fourth-order valence-corrected chi connectivity index (χ4v) is 3.67. The molecule has 0 unspecified atom stereocenters. The molecular weight excluding hydrogens is 324 g/mol. The van der Waals surface area contributed by atoms with Crippen molar-refractivity contribution in [2.24, 2.45) is 0 Å². The molecule has 1 aliphatic carbocycles. The first-order chi connectivity index (χ1) is 12.6. The molecule has 26 heavy (non-hydrogen) atoms. The van der Waals surface area contributed by atoms with E-state index in [0.29, 0.717) is 6.42 Å². The Kier molecular flexibility index (Phi) is 12.4. The molecule has 1 fully saturated rings. The number of methoxy groups -OCH3 is 1. The van der Waals surface area contributed by atoms with E-state index in [1.54, 1.807) is 0 Å². The molecule has 3 nitrogen and oxygen atoms in total. The summed E-state index contributed by atoms with van der Waals surface area (Å²) >= 11 is 0. The van der Waals surface area contributed by atoms with Crippen LogP contribution in [0.1, 0.15) is 103 Å². The summed E-state index contributed by atoms with van der Waals surface area (Å²) in [6.45, 7) is 2.23. The fourth-order valence-electron chi connectivity index (χ4n) is 3.67. The smallest absolute Gasteiger partial charge is 0.305 e. The number of hydrogen-bond donors (Lipinski definition) is 1. The summed E-state index contributed by atoms with van der Waals surface area (Å²) < 4.78 is 4.65. The maximum Gasteiger partial charge on any atom is 0.305 e. The van der Waals surface area contributed by atoms with Gasteiger partial charge in [-0.3, -0.25) is 4.79 Å². The summed E-state index contributed by atoms with van der Waals surface area (Å²) in [5.74, 6) is -0.0953. The van der Waals surface area contributed by atoms with Gasteiger partial charge in [0.25, 0.3) is 0 Å². The molecule has 0 aromatic heterocycles. The third-order valence-electron chi connectivity index (χ3n) is 5.32. The van der Waals surface area contributed by atoms with E-state index in [0.717, 1.165) is 57.8 Å². The first-order valence-corrected chi connectivity index (χ1v) is 10.7. The third-order valence-corrected chi connectivity index (χ3v) is 5.32. The number of esters is 1. The highest BCUT2D eigenvalue weighted by atomic mass is 16.5. The first-order valence-electron chi connectivity index (χ1n) is 10.7. The molecule has 150 valence electrons. The second-order valence-electron chi connectivity index (χ2n) is 7.77. The van der Waals surface area contributed by atoms with Crippen molar-refractivity contribution in [1.29, 1.82) is 0 Å². The number of unbranched alkanes of at least 4 members (excludes halogenated alkanes) is 6. The average molecular weight is 365 g/mol. The van der Waals surface area contributed by atoms with Crippen LogP contribution in [0.4, 0.5) is 0 Å². The maximum absolute atomic E-state index is 11.0. The highest BCUT2D eigenvalue weighted by molar-refractivity contribution is 5.68. The number of carbonyl (C=O) groups excluding carboxylic acids is 1. The molecule has 0 heterocycles. The highest BCUT2D eigenvalue weighted by Crippen LogP contribution is 2.33. The molecule has 0 saturated heterocycles. The maximum atomic E-state index is 11.0. The van der Waals surface area contributed by atoms with Gasteiger partial charge in [0.1, 0.15) is 0 Å². The lowest BCUT2D eigenvalue weighted by atomic mass is 9.94. The Bertz CT molecular complexity index is 431. The third kappa shape index (κ3) is 10.8. The Hall–Kier alpha value is -1.09. The predicted molar refractivity (Wildman–Crippen MR) is 109 cm³/mol. The number of aliphatic hydroxyl groups is 1. The van der Waals surface area contributed by atoms with E-state index in [1.165, 1.54) is 44.8 Å². The number of allylic oxidation sites excluding steroid dienone is 3. The molecule has 1 saturated carbocycles. The largest absolute Gasteiger partial charge is 0.469 e. The molecule has 0 aromatic rings. The molecule has 1 N–H and O–H groups in total. The Morgan fingerprint density at radius 3 is 2.38 bits per heavy atom. The number of carbonyl (C=O) groups is 1. The number of rotatable bonds is 14. The Labute approximate surface area is 160 Å². The van der Waals surface area contributed by atoms with E-state index < -0.39 is 5.60 Å². The van der Waals surface area contributed by atoms with E-state index in [2.05, 4.69) is 29.9 Å². The molecule has 0 bridgehead atoms. The van der Waals surface area contributed by atoms with Gasteiger partial charge >= 0.3 is 5.97 Å². The van der Waals surface area contributed by atoms with Crippen LogP contribution in [0.25, 0.3) is 0 Å². The van der Waals surface area contributed by atoms with Crippen LogP contribution in [0.3, 0.4) is 0 Å². The number of ether oxygens (including phenoxy) is 1. The normalized spacial score (nSPS) is 17.1. The summed E-state index contributed by atoms with van der Waals surface area (Å²) in [5, 5.41) is 10.6. The molecule has 0 spiro atoms. The van der Waals surface area contributed by atoms with E-state index in [9.17, 15) is 9.90 Å². The van der Waals surface area contributed by atoms with Crippen molar-refractivity contribution in [3.8, 4) is 0 Å². The monoisotopic (exact) mass is 364 g/mol. The zero-order valence-corrected chi connectivity index (χ0v) is 17.1. The molecule has 1 aliphatic rings. The van der Waals surface area contributed by atoms with Gasteiger partial charge in [-0.05, 0) is 51.4 Å². The lowest BCUT2D eigenvalue weighted by molar-refractivity contribution is -0.140. The number of hydrogen-bond acceptors (Lipinski definition) is 3. The minimum atomic E-state index is -0.527. The minimum absolute atomic E-state index is 0.0953. The Balaban J connectivity index is 2.18. The standard InChI is InChI=1S/C23H40O3/c1-3-4-15-21(20-23(25)18-13-14-19-23)16-11-9-7-5-6-8-10-12-17-22(24)26-2/h9,11,20,25H,3-8,10,12-19H2,1-2H3/b11-9+,21-20+. The van der Waals surface area contributed by atoms with Gasteiger partial charge < -0.3 is 9.84 Å². The molecule has 0 aliphatic heterocycles. The predicted octanol–water partition coefficient (Wildman–Crippen LogP) is 6.26. The first kappa shape index (κ1) is 23.0. The van der Waals surface area contributed by atoms with Crippen molar-refractivity contribution in [3.63, 3.8) is 0 Å². The summed E-state index contributed by atoms with van der Waals surface area (Å²) in [6.07, 6.45) is 22.8. The van der Waals surface area contributed by atoms with Crippen molar-refractivity contribution >= 4 is 5.97 Å². The quantitative estimate of drug-likeness (QED) is 0.225. The summed E-state index contributed by atoms with van der Waals surface area (Å²) in [5.41, 5.74) is 0.886. The van der Waals surface area contributed by atoms with Gasteiger partial charge in [0.2, 0.25) is 0 Å². The summed E-state index contributed by atoms with van der Waals surface area (Å²) in [7, 11) is 1.45. The van der Waals surface area contributed by atoms with Crippen LogP contribution in [0.2, 0.25) is 0 Å². The van der Waals surface area contributed by atoms with Crippen molar-refractivity contribution in [3.05, 3.63) is 23.8 Å². The van der Waals surface area contributed by atoms with Crippen molar-refractivity contribution < 1.29 is 14.6 Å². The molecular formula is C23H40O3. The zero-order valence-electron chi connectivity index (χ0n) is 17.1. The minimum Gasteiger partial charge on any atom is -0.469 e. The van der Waals surface area contributed by atoms with Crippen LogP contribution in [0, 0.1) is 0 Å². The van der Waals surface area contributed by atoms with Crippen molar-refractivity contribution in [1.82, 2.24) is 0 Å². The molecule has 3 heteroatoms. The van der Waals surface area contributed by atoms with E-state index in [4.69, 9.17) is 0 Å². The Morgan fingerprint density at radius 2 is 1.69 bits per heavy atom. The highest BCUT2D eigenvalue weighted by Gasteiger charge is 2.28. The van der Waals surface area contributed by atoms with E-state index in [1.807, 2.05) is 0 Å². The molecule has 0 amide bonds. The molecule has 0 aromatic carbocycles.